The number of likely N-dealkylation sites (tertiary alicyclic amines) is 1. The summed E-state index contributed by atoms with van der Waals surface area (Å²) in [6, 6.07) is 10.6. The second kappa shape index (κ2) is 8.59. The van der Waals surface area contributed by atoms with Crippen LogP contribution >= 0.6 is 11.3 Å². The van der Waals surface area contributed by atoms with Crippen LogP contribution in [0.2, 0.25) is 0 Å². The predicted molar refractivity (Wildman–Crippen MR) is 100 cm³/mol. The van der Waals surface area contributed by atoms with E-state index < -0.39 is 0 Å². The number of thiophene rings is 1. The highest BCUT2D eigenvalue weighted by molar-refractivity contribution is 7.10. The van der Waals surface area contributed by atoms with Crippen molar-refractivity contribution in [2.24, 2.45) is 5.92 Å². The molecule has 5 heteroatoms. The van der Waals surface area contributed by atoms with Crippen LogP contribution in [0.3, 0.4) is 0 Å². The summed E-state index contributed by atoms with van der Waals surface area (Å²) in [5, 5.41) is 5.17. The van der Waals surface area contributed by atoms with E-state index in [1.807, 2.05) is 0 Å². The molecule has 0 saturated carbocycles. The van der Waals surface area contributed by atoms with Gasteiger partial charge in [-0.15, -0.1) is 11.3 Å². The van der Waals surface area contributed by atoms with Gasteiger partial charge < -0.3 is 5.32 Å². The largest absolute Gasteiger partial charge is 0.354 e. The monoisotopic (exact) mass is 360 g/mol. The van der Waals surface area contributed by atoms with Crippen molar-refractivity contribution in [1.29, 1.82) is 0 Å². The van der Waals surface area contributed by atoms with Crippen LogP contribution in [0.25, 0.3) is 0 Å². The highest BCUT2D eigenvalue weighted by Crippen LogP contribution is 2.29. The highest BCUT2D eigenvalue weighted by Gasteiger charge is 2.25. The van der Waals surface area contributed by atoms with Crippen LogP contribution in [0, 0.1) is 11.7 Å². The molecule has 0 spiro atoms. The van der Waals surface area contributed by atoms with E-state index in [1.165, 1.54) is 29.9 Å². The van der Waals surface area contributed by atoms with Crippen molar-refractivity contribution >= 4 is 17.2 Å². The zero-order valence-corrected chi connectivity index (χ0v) is 15.4. The molecule has 1 aromatic carbocycles. The summed E-state index contributed by atoms with van der Waals surface area (Å²) in [6.07, 6.45) is 2.71. The molecule has 0 bridgehead atoms. The Morgan fingerprint density at radius 1 is 1.28 bits per heavy atom. The minimum Gasteiger partial charge on any atom is -0.354 e. The Morgan fingerprint density at radius 3 is 2.64 bits per heavy atom. The fourth-order valence-electron chi connectivity index (χ4n) is 3.29. The van der Waals surface area contributed by atoms with Crippen molar-refractivity contribution in [3.8, 4) is 0 Å². The molecule has 1 aromatic heterocycles. The summed E-state index contributed by atoms with van der Waals surface area (Å²) >= 11 is 1.75. The normalized spacial score (nSPS) is 17.4. The Morgan fingerprint density at radius 2 is 2.00 bits per heavy atom. The lowest BCUT2D eigenvalue weighted by Crippen LogP contribution is -2.41. The first-order chi connectivity index (χ1) is 12.1. The Kier molecular flexibility index (Phi) is 6.21. The van der Waals surface area contributed by atoms with Gasteiger partial charge in [0.05, 0.1) is 12.5 Å². The second-order valence-corrected chi connectivity index (χ2v) is 7.84. The standard InChI is InChI=1S/C20H25FN2OS/c1-15-8-10-23(11-9-15)18(19-3-2-12-25-19)14-22-20(24)13-16-4-6-17(21)7-5-16/h2-7,12,15,18H,8-11,13-14H2,1H3,(H,22,24). The molecule has 2 aromatic rings. The van der Waals surface area contributed by atoms with E-state index in [0.29, 0.717) is 6.54 Å². The van der Waals surface area contributed by atoms with Gasteiger partial charge >= 0.3 is 0 Å². The SMILES string of the molecule is CC1CCN(C(CNC(=O)Cc2ccc(F)cc2)c2cccs2)CC1. The average Bonchev–Trinajstić information content (AvgIpc) is 3.13. The number of hydrogen-bond acceptors (Lipinski definition) is 3. The molecular formula is C20H25FN2OS. The van der Waals surface area contributed by atoms with Gasteiger partial charge in [0.25, 0.3) is 0 Å². The van der Waals surface area contributed by atoms with E-state index >= 15 is 0 Å². The Bertz CT molecular complexity index is 664. The van der Waals surface area contributed by atoms with E-state index in [0.717, 1.165) is 24.6 Å². The maximum Gasteiger partial charge on any atom is 0.224 e. The lowest BCUT2D eigenvalue weighted by atomic mass is 9.97. The number of amides is 1. The molecule has 0 aliphatic carbocycles. The van der Waals surface area contributed by atoms with Crippen LogP contribution in [-0.2, 0) is 11.2 Å². The maximum absolute atomic E-state index is 13.0. The molecule has 2 heterocycles. The van der Waals surface area contributed by atoms with Crippen LogP contribution in [0.15, 0.2) is 41.8 Å². The number of halogens is 1. The second-order valence-electron chi connectivity index (χ2n) is 6.86. The zero-order valence-electron chi connectivity index (χ0n) is 14.6. The lowest BCUT2D eigenvalue weighted by molar-refractivity contribution is -0.120. The van der Waals surface area contributed by atoms with Crippen LogP contribution in [0.5, 0.6) is 0 Å². The lowest BCUT2D eigenvalue weighted by Gasteiger charge is -2.36. The van der Waals surface area contributed by atoms with Gasteiger partial charge in [-0.05, 0) is 61.0 Å². The number of benzene rings is 1. The Balaban J connectivity index is 1.58. The first-order valence-electron chi connectivity index (χ1n) is 8.90. The maximum atomic E-state index is 13.0. The summed E-state index contributed by atoms with van der Waals surface area (Å²) in [4.78, 5) is 16.1. The van der Waals surface area contributed by atoms with Gasteiger partial charge in [0.2, 0.25) is 5.91 Å². The number of piperidine rings is 1. The quantitative estimate of drug-likeness (QED) is 0.844. The van der Waals surface area contributed by atoms with Gasteiger partial charge in [-0.1, -0.05) is 25.1 Å². The Labute approximate surface area is 152 Å². The number of nitrogens with zero attached hydrogens (tertiary/aromatic N) is 1. The molecule has 1 unspecified atom stereocenters. The third-order valence-corrected chi connectivity index (χ3v) is 5.87. The molecular weight excluding hydrogens is 335 g/mol. The van der Waals surface area contributed by atoms with E-state index in [1.54, 1.807) is 23.5 Å². The number of carbonyl (C=O) groups is 1. The van der Waals surface area contributed by atoms with Crippen molar-refractivity contribution in [2.45, 2.75) is 32.2 Å². The minimum atomic E-state index is -0.277. The van der Waals surface area contributed by atoms with Gasteiger partial charge in [-0.3, -0.25) is 9.69 Å². The number of rotatable bonds is 6. The van der Waals surface area contributed by atoms with Gasteiger partial charge in [0, 0.05) is 11.4 Å². The van der Waals surface area contributed by atoms with Gasteiger partial charge in [-0.2, -0.15) is 0 Å². The molecule has 1 aliphatic rings. The van der Waals surface area contributed by atoms with Crippen LogP contribution in [0.1, 0.15) is 36.2 Å². The summed E-state index contributed by atoms with van der Waals surface area (Å²) in [5.74, 6) is 0.494. The van der Waals surface area contributed by atoms with Crippen LogP contribution in [-0.4, -0.2) is 30.4 Å². The zero-order chi connectivity index (χ0) is 17.6. The molecule has 0 radical (unpaired) electrons. The van der Waals surface area contributed by atoms with Crippen molar-refractivity contribution in [3.05, 3.63) is 58.0 Å². The number of hydrogen-bond donors (Lipinski definition) is 1. The van der Waals surface area contributed by atoms with E-state index in [-0.39, 0.29) is 24.2 Å². The molecule has 1 saturated heterocycles. The molecule has 1 amide bonds. The minimum absolute atomic E-state index is 0.0152. The smallest absolute Gasteiger partial charge is 0.224 e. The van der Waals surface area contributed by atoms with Gasteiger partial charge in [0.15, 0.2) is 0 Å². The average molecular weight is 360 g/mol. The topological polar surface area (TPSA) is 32.3 Å². The van der Waals surface area contributed by atoms with E-state index in [2.05, 4.69) is 34.7 Å². The van der Waals surface area contributed by atoms with Crippen LogP contribution in [0.4, 0.5) is 4.39 Å². The fraction of sp³-hybridized carbons (Fsp3) is 0.450. The first kappa shape index (κ1) is 18.1. The molecule has 3 rings (SSSR count). The molecule has 1 N–H and O–H groups in total. The summed E-state index contributed by atoms with van der Waals surface area (Å²) in [5.41, 5.74) is 0.832. The molecule has 25 heavy (non-hydrogen) atoms. The van der Waals surface area contributed by atoms with Crippen molar-refractivity contribution < 1.29 is 9.18 Å². The van der Waals surface area contributed by atoms with E-state index in [4.69, 9.17) is 0 Å². The first-order valence-corrected chi connectivity index (χ1v) is 9.78. The fourth-order valence-corrected chi connectivity index (χ4v) is 4.15. The third kappa shape index (κ3) is 5.13. The third-order valence-electron chi connectivity index (χ3n) is 4.90. The number of carbonyl (C=O) groups excluding carboxylic acids is 1. The predicted octanol–water partition coefficient (Wildman–Crippen LogP) is 4.02. The van der Waals surface area contributed by atoms with Crippen molar-refractivity contribution in [2.75, 3.05) is 19.6 Å². The Hall–Kier alpha value is -1.72. The molecule has 1 fully saturated rings. The van der Waals surface area contributed by atoms with Crippen molar-refractivity contribution in [1.82, 2.24) is 10.2 Å². The van der Waals surface area contributed by atoms with Gasteiger partial charge in [-0.25, -0.2) is 4.39 Å². The summed E-state index contributed by atoms with van der Waals surface area (Å²) in [6.45, 7) is 5.09. The molecule has 3 nitrogen and oxygen atoms in total. The van der Waals surface area contributed by atoms with Crippen LogP contribution < -0.4 is 5.32 Å². The summed E-state index contributed by atoms with van der Waals surface area (Å²) in [7, 11) is 0. The van der Waals surface area contributed by atoms with Gasteiger partial charge in [0.1, 0.15) is 5.82 Å². The number of nitrogens with one attached hydrogen (secondary N) is 1. The molecule has 134 valence electrons. The molecule has 1 atom stereocenters. The summed E-state index contributed by atoms with van der Waals surface area (Å²) < 4.78 is 13.0. The highest BCUT2D eigenvalue weighted by atomic mass is 32.1. The van der Waals surface area contributed by atoms with Crippen molar-refractivity contribution in [3.63, 3.8) is 0 Å². The molecule has 1 aliphatic heterocycles. The van der Waals surface area contributed by atoms with E-state index in [9.17, 15) is 9.18 Å².